The second-order valence-corrected chi connectivity index (χ2v) is 8.30. The number of rotatable bonds is 6. The zero-order chi connectivity index (χ0) is 24.6. The Morgan fingerprint density at radius 2 is 1.56 bits per heavy atom. The monoisotopic (exact) mass is 454 g/mol. The minimum atomic E-state index is -4.37. The minimum absolute atomic E-state index is 0.0721. The first kappa shape index (κ1) is 27.6. The van der Waals surface area contributed by atoms with E-state index in [-0.39, 0.29) is 12.6 Å². The van der Waals surface area contributed by atoms with E-state index in [1.54, 1.807) is 0 Å². The molecule has 0 radical (unpaired) electrons. The lowest BCUT2D eigenvalue weighted by Crippen LogP contribution is -2.22. The van der Waals surface area contributed by atoms with Crippen LogP contribution in [0.4, 0.5) is 13.2 Å². The van der Waals surface area contributed by atoms with E-state index in [0.717, 1.165) is 29.3 Å². The van der Waals surface area contributed by atoms with Crippen LogP contribution in [0.15, 0.2) is 24.3 Å². The zero-order valence-electron chi connectivity index (χ0n) is 20.0. The molecule has 5 nitrogen and oxygen atoms in total. The van der Waals surface area contributed by atoms with Gasteiger partial charge in [0.25, 0.3) is 0 Å². The summed E-state index contributed by atoms with van der Waals surface area (Å²) in [4.78, 5) is 21.4. The molecular formula is C24H33F3N2O3. The van der Waals surface area contributed by atoms with Gasteiger partial charge in [-0.3, -0.25) is 14.6 Å². The number of hydrogen-bond acceptors (Lipinski definition) is 5. The Morgan fingerprint density at radius 1 is 1.03 bits per heavy atom. The molecule has 1 atom stereocenters. The molecule has 8 heteroatoms. The molecule has 0 saturated heterocycles. The summed E-state index contributed by atoms with van der Waals surface area (Å²) in [5, 5.41) is 0. The average molecular weight is 455 g/mol. The molecule has 1 unspecified atom stereocenters. The highest BCUT2D eigenvalue weighted by atomic mass is 19.4. The largest absolute Gasteiger partial charge is 0.426 e. The number of ether oxygens (including phenoxy) is 1. The average Bonchev–Trinajstić information content (AvgIpc) is 2.64. The van der Waals surface area contributed by atoms with Gasteiger partial charge in [-0.15, -0.1) is 0 Å². The Balaban J connectivity index is 0.00000118. The van der Waals surface area contributed by atoms with Gasteiger partial charge >= 0.3 is 12.1 Å². The fourth-order valence-electron chi connectivity index (χ4n) is 2.81. The quantitative estimate of drug-likeness (QED) is 0.404. The lowest BCUT2D eigenvalue weighted by molar-refractivity contribution is -0.137. The van der Waals surface area contributed by atoms with Gasteiger partial charge in [-0.1, -0.05) is 32.9 Å². The van der Waals surface area contributed by atoms with Crippen molar-refractivity contribution in [1.82, 2.24) is 10.5 Å². The molecule has 32 heavy (non-hydrogen) atoms. The SMILES string of the molecule is CC(=O)Oc1c(C)c(C)nc(C)c1C(C)NOCc1ccc(C(F)(F)F)cc1.CC(C)C. The summed E-state index contributed by atoms with van der Waals surface area (Å²) in [6.45, 7) is 15.2. The molecule has 1 aromatic carbocycles. The summed E-state index contributed by atoms with van der Waals surface area (Å²) in [6.07, 6.45) is -4.37. The summed E-state index contributed by atoms with van der Waals surface area (Å²) in [6, 6.07) is 4.39. The van der Waals surface area contributed by atoms with Crippen molar-refractivity contribution < 1.29 is 27.5 Å². The Hall–Kier alpha value is -2.45. The number of alkyl halides is 3. The summed E-state index contributed by atoms with van der Waals surface area (Å²) in [5.74, 6) is 0.836. The lowest BCUT2D eigenvalue weighted by atomic mass is 10.0. The molecule has 1 aromatic heterocycles. The number of hydroxylamine groups is 1. The van der Waals surface area contributed by atoms with Gasteiger partial charge in [0.2, 0.25) is 0 Å². The number of carbonyl (C=O) groups is 1. The maximum Gasteiger partial charge on any atom is 0.416 e. The second kappa shape index (κ2) is 12.0. The van der Waals surface area contributed by atoms with Crippen LogP contribution in [0.3, 0.4) is 0 Å². The highest BCUT2D eigenvalue weighted by Crippen LogP contribution is 2.33. The van der Waals surface area contributed by atoms with E-state index < -0.39 is 17.7 Å². The van der Waals surface area contributed by atoms with Gasteiger partial charge < -0.3 is 4.74 Å². The lowest BCUT2D eigenvalue weighted by Gasteiger charge is -2.21. The van der Waals surface area contributed by atoms with Crippen molar-refractivity contribution in [2.24, 2.45) is 5.92 Å². The Kier molecular flexibility index (Phi) is 10.3. The molecule has 0 spiro atoms. The van der Waals surface area contributed by atoms with E-state index in [0.29, 0.717) is 22.6 Å². The van der Waals surface area contributed by atoms with E-state index in [1.165, 1.54) is 19.1 Å². The highest BCUT2D eigenvalue weighted by molar-refractivity contribution is 5.71. The normalized spacial score (nSPS) is 12.2. The number of nitrogens with zero attached hydrogens (tertiary/aromatic N) is 1. The second-order valence-electron chi connectivity index (χ2n) is 8.30. The molecule has 0 saturated carbocycles. The first-order valence-electron chi connectivity index (χ1n) is 10.4. The summed E-state index contributed by atoms with van der Waals surface area (Å²) >= 11 is 0. The number of hydrogen-bond donors (Lipinski definition) is 1. The van der Waals surface area contributed by atoms with Crippen LogP contribution in [0, 0.1) is 26.7 Å². The van der Waals surface area contributed by atoms with Gasteiger partial charge in [-0.25, -0.2) is 0 Å². The molecule has 0 amide bonds. The van der Waals surface area contributed by atoms with Crippen LogP contribution in [-0.4, -0.2) is 11.0 Å². The van der Waals surface area contributed by atoms with Crippen molar-refractivity contribution in [2.75, 3.05) is 0 Å². The van der Waals surface area contributed by atoms with E-state index >= 15 is 0 Å². The third-order valence-corrected chi connectivity index (χ3v) is 4.31. The fourth-order valence-corrected chi connectivity index (χ4v) is 2.81. The van der Waals surface area contributed by atoms with Gasteiger partial charge in [0.15, 0.2) is 0 Å². The first-order valence-corrected chi connectivity index (χ1v) is 10.4. The maximum absolute atomic E-state index is 12.6. The van der Waals surface area contributed by atoms with E-state index in [4.69, 9.17) is 9.57 Å². The molecule has 178 valence electrons. The first-order chi connectivity index (χ1) is 14.7. The molecule has 1 heterocycles. The minimum Gasteiger partial charge on any atom is -0.426 e. The molecule has 0 aliphatic heterocycles. The predicted molar refractivity (Wildman–Crippen MR) is 118 cm³/mol. The summed E-state index contributed by atoms with van der Waals surface area (Å²) < 4.78 is 43.2. The van der Waals surface area contributed by atoms with Gasteiger partial charge in [0, 0.05) is 29.4 Å². The molecule has 0 bridgehead atoms. The number of nitrogens with one attached hydrogen (secondary N) is 1. The fraction of sp³-hybridized carbons (Fsp3) is 0.500. The van der Waals surface area contributed by atoms with Gasteiger partial charge in [-0.05, 0) is 51.3 Å². The smallest absolute Gasteiger partial charge is 0.416 e. The zero-order valence-corrected chi connectivity index (χ0v) is 20.0. The molecule has 2 rings (SSSR count). The number of halogens is 3. The molecule has 1 N–H and O–H groups in total. The number of aromatic nitrogens is 1. The van der Waals surface area contributed by atoms with E-state index in [1.807, 2.05) is 27.7 Å². The summed E-state index contributed by atoms with van der Waals surface area (Å²) in [7, 11) is 0. The topological polar surface area (TPSA) is 60.5 Å². The van der Waals surface area contributed by atoms with Crippen LogP contribution in [0.1, 0.15) is 74.3 Å². The van der Waals surface area contributed by atoms with E-state index in [9.17, 15) is 18.0 Å². The third kappa shape index (κ3) is 8.59. The van der Waals surface area contributed by atoms with Crippen molar-refractivity contribution in [3.8, 4) is 5.75 Å². The summed E-state index contributed by atoms with van der Waals surface area (Å²) in [5.41, 5.74) is 5.61. The molecule has 0 aliphatic rings. The van der Waals surface area contributed by atoms with Crippen molar-refractivity contribution in [2.45, 2.75) is 74.2 Å². The number of benzene rings is 1. The molecule has 2 aromatic rings. The Labute approximate surface area is 188 Å². The third-order valence-electron chi connectivity index (χ3n) is 4.31. The standard InChI is InChI=1S/C20H23F3N2O3.C4H10/c1-11-12(2)24-13(3)18(19(11)28-15(5)26)14(4)25-27-10-16-6-8-17(9-7-16)20(21,22)23;1-4(2)3/h6-9,14,25H,10H2,1-5H3;4H,1-3H3. The number of aryl methyl sites for hydroxylation is 2. The molecular weight excluding hydrogens is 421 g/mol. The van der Waals surface area contributed by atoms with Crippen LogP contribution in [0.25, 0.3) is 0 Å². The van der Waals surface area contributed by atoms with Crippen LogP contribution in [-0.2, 0) is 22.4 Å². The predicted octanol–water partition coefficient (Wildman–Crippen LogP) is 6.40. The Morgan fingerprint density at radius 3 is 2.03 bits per heavy atom. The van der Waals surface area contributed by atoms with Gasteiger partial charge in [-0.2, -0.15) is 18.7 Å². The number of carbonyl (C=O) groups excluding carboxylic acids is 1. The van der Waals surface area contributed by atoms with Gasteiger partial charge in [0.05, 0.1) is 18.2 Å². The van der Waals surface area contributed by atoms with Crippen LogP contribution < -0.4 is 10.2 Å². The Bertz CT molecular complexity index is 892. The molecule has 0 aliphatic carbocycles. The van der Waals surface area contributed by atoms with Crippen molar-refractivity contribution >= 4 is 5.97 Å². The van der Waals surface area contributed by atoms with Gasteiger partial charge in [0.1, 0.15) is 5.75 Å². The maximum atomic E-state index is 12.6. The van der Waals surface area contributed by atoms with Crippen LogP contribution in [0.2, 0.25) is 0 Å². The highest BCUT2D eigenvalue weighted by Gasteiger charge is 2.30. The number of esters is 1. The van der Waals surface area contributed by atoms with E-state index in [2.05, 4.69) is 31.2 Å². The van der Waals surface area contributed by atoms with Crippen molar-refractivity contribution in [1.29, 1.82) is 0 Å². The molecule has 0 fully saturated rings. The van der Waals surface area contributed by atoms with Crippen molar-refractivity contribution in [3.05, 3.63) is 57.9 Å². The van der Waals surface area contributed by atoms with Crippen molar-refractivity contribution in [3.63, 3.8) is 0 Å². The number of pyridine rings is 1. The van der Waals surface area contributed by atoms with Crippen LogP contribution >= 0.6 is 0 Å². The van der Waals surface area contributed by atoms with Crippen LogP contribution in [0.5, 0.6) is 5.75 Å².